The molecule has 2 atom stereocenters. The fraction of sp³-hybridized carbons (Fsp3) is 0.500. The fourth-order valence-corrected chi connectivity index (χ4v) is 3.61. The maximum atomic E-state index is 12.3. The topological polar surface area (TPSA) is 61.0 Å². The van der Waals surface area contributed by atoms with Crippen molar-refractivity contribution in [1.29, 1.82) is 0 Å². The number of benzene rings is 1. The van der Waals surface area contributed by atoms with Crippen LogP contribution in [-0.2, 0) is 4.79 Å². The van der Waals surface area contributed by atoms with E-state index in [2.05, 4.69) is 32.3 Å². The summed E-state index contributed by atoms with van der Waals surface area (Å²) in [6.07, 6.45) is 6.42. The quantitative estimate of drug-likeness (QED) is 0.881. The predicted octanol–water partition coefficient (Wildman–Crippen LogP) is 2.92. The monoisotopic (exact) mass is 338 g/mol. The van der Waals surface area contributed by atoms with E-state index in [1.54, 1.807) is 0 Å². The Kier molecular flexibility index (Phi) is 4.57. The second-order valence-corrected chi connectivity index (χ2v) is 7.34. The number of hydrogen-bond donors (Lipinski definition) is 2. The molecular formula is C20H26N4O. The highest BCUT2D eigenvalue weighted by Gasteiger charge is 2.32. The first-order valence-corrected chi connectivity index (χ1v) is 9.35. The number of imidazole rings is 1. The minimum atomic E-state index is -0.0630. The largest absolute Gasteiger partial charge is 0.352 e. The molecule has 0 bridgehead atoms. The fourth-order valence-electron chi connectivity index (χ4n) is 3.61. The van der Waals surface area contributed by atoms with Crippen LogP contribution in [-0.4, -0.2) is 45.9 Å². The van der Waals surface area contributed by atoms with Crippen molar-refractivity contribution in [1.82, 2.24) is 20.2 Å². The van der Waals surface area contributed by atoms with Crippen LogP contribution >= 0.6 is 0 Å². The van der Waals surface area contributed by atoms with Gasteiger partial charge in [0.2, 0.25) is 5.91 Å². The van der Waals surface area contributed by atoms with Crippen LogP contribution in [0.1, 0.15) is 44.3 Å². The third-order valence-electron chi connectivity index (χ3n) is 5.37. The molecular weight excluding hydrogens is 312 g/mol. The zero-order valence-electron chi connectivity index (χ0n) is 14.7. The maximum Gasteiger partial charge on any atom is 0.237 e. The molecule has 2 N–H and O–H groups in total. The Hall–Kier alpha value is -2.14. The first-order valence-electron chi connectivity index (χ1n) is 9.35. The van der Waals surface area contributed by atoms with Crippen LogP contribution in [0.3, 0.4) is 0 Å². The number of amides is 1. The summed E-state index contributed by atoms with van der Waals surface area (Å²) in [5, 5.41) is 3.13. The first kappa shape index (κ1) is 16.3. The summed E-state index contributed by atoms with van der Waals surface area (Å²) in [5.74, 6) is 1.58. The highest BCUT2D eigenvalue weighted by atomic mass is 16.2. The molecule has 5 nitrogen and oxygen atoms in total. The molecule has 1 aromatic heterocycles. The minimum Gasteiger partial charge on any atom is -0.352 e. The molecule has 1 amide bonds. The SMILES string of the molecule is CC(C(=O)NC1CC1)N1CCCC(c2ncc(-c3ccccc3)[nH]2)C1. The number of nitrogens with one attached hydrogen (secondary N) is 2. The lowest BCUT2D eigenvalue weighted by Crippen LogP contribution is -2.49. The van der Waals surface area contributed by atoms with Gasteiger partial charge < -0.3 is 10.3 Å². The van der Waals surface area contributed by atoms with E-state index in [4.69, 9.17) is 0 Å². The Morgan fingerprint density at radius 3 is 2.84 bits per heavy atom. The normalized spacial score (nSPS) is 22.5. The second-order valence-electron chi connectivity index (χ2n) is 7.34. The highest BCUT2D eigenvalue weighted by molar-refractivity contribution is 5.81. The zero-order valence-corrected chi connectivity index (χ0v) is 14.7. The summed E-state index contributed by atoms with van der Waals surface area (Å²) in [6, 6.07) is 10.6. The van der Waals surface area contributed by atoms with Gasteiger partial charge >= 0.3 is 0 Å². The minimum absolute atomic E-state index is 0.0630. The number of likely N-dealkylation sites (tertiary alicyclic amines) is 1. The molecule has 4 rings (SSSR count). The van der Waals surface area contributed by atoms with Crippen LogP contribution in [0.15, 0.2) is 36.5 Å². The summed E-state index contributed by atoms with van der Waals surface area (Å²) >= 11 is 0. The van der Waals surface area contributed by atoms with E-state index in [-0.39, 0.29) is 11.9 Å². The van der Waals surface area contributed by atoms with Crippen LogP contribution in [0, 0.1) is 0 Å². The first-order chi connectivity index (χ1) is 12.2. The molecule has 2 unspecified atom stereocenters. The lowest BCUT2D eigenvalue weighted by Gasteiger charge is -2.35. The van der Waals surface area contributed by atoms with Crippen molar-refractivity contribution in [2.45, 2.75) is 50.6 Å². The van der Waals surface area contributed by atoms with Crippen molar-refractivity contribution < 1.29 is 4.79 Å². The number of nitrogens with zero attached hydrogens (tertiary/aromatic N) is 2. The van der Waals surface area contributed by atoms with Crippen LogP contribution in [0.2, 0.25) is 0 Å². The average Bonchev–Trinajstić information content (AvgIpc) is 3.33. The Bertz CT molecular complexity index is 722. The zero-order chi connectivity index (χ0) is 17.2. The van der Waals surface area contributed by atoms with Gasteiger partial charge in [-0.25, -0.2) is 4.98 Å². The molecule has 1 aliphatic heterocycles. The Labute approximate surface area is 148 Å². The number of carbonyl (C=O) groups is 1. The predicted molar refractivity (Wildman–Crippen MR) is 98.2 cm³/mol. The molecule has 132 valence electrons. The van der Waals surface area contributed by atoms with Crippen molar-refractivity contribution in [3.63, 3.8) is 0 Å². The molecule has 5 heteroatoms. The molecule has 1 aromatic carbocycles. The van der Waals surface area contributed by atoms with Crippen molar-refractivity contribution in [3.8, 4) is 11.3 Å². The Morgan fingerprint density at radius 2 is 2.08 bits per heavy atom. The number of hydrogen-bond acceptors (Lipinski definition) is 3. The number of carbonyl (C=O) groups excluding carboxylic acids is 1. The van der Waals surface area contributed by atoms with Gasteiger partial charge in [0.15, 0.2) is 0 Å². The molecule has 0 spiro atoms. The smallest absolute Gasteiger partial charge is 0.237 e. The maximum absolute atomic E-state index is 12.3. The van der Waals surface area contributed by atoms with Gasteiger partial charge in [-0.05, 0) is 44.7 Å². The Balaban J connectivity index is 1.42. The number of piperidine rings is 1. The molecule has 1 saturated heterocycles. The second kappa shape index (κ2) is 7.00. The van der Waals surface area contributed by atoms with Crippen molar-refractivity contribution in [2.24, 2.45) is 0 Å². The molecule has 2 aliphatic rings. The lowest BCUT2D eigenvalue weighted by atomic mass is 9.96. The lowest BCUT2D eigenvalue weighted by molar-refractivity contribution is -0.126. The number of H-pyrrole nitrogens is 1. The van der Waals surface area contributed by atoms with E-state index in [9.17, 15) is 4.79 Å². The summed E-state index contributed by atoms with van der Waals surface area (Å²) in [4.78, 5) is 22.8. The summed E-state index contributed by atoms with van der Waals surface area (Å²) in [7, 11) is 0. The van der Waals surface area contributed by atoms with Crippen molar-refractivity contribution >= 4 is 5.91 Å². The van der Waals surface area contributed by atoms with Crippen LogP contribution < -0.4 is 5.32 Å². The van der Waals surface area contributed by atoms with Gasteiger partial charge in [-0.2, -0.15) is 0 Å². The molecule has 1 saturated carbocycles. The summed E-state index contributed by atoms with van der Waals surface area (Å²) in [6.45, 7) is 3.90. The summed E-state index contributed by atoms with van der Waals surface area (Å²) < 4.78 is 0. The van der Waals surface area contributed by atoms with Gasteiger partial charge in [0.25, 0.3) is 0 Å². The molecule has 25 heavy (non-hydrogen) atoms. The van der Waals surface area contributed by atoms with Crippen LogP contribution in [0.4, 0.5) is 0 Å². The van der Waals surface area contributed by atoms with E-state index in [1.165, 1.54) is 0 Å². The molecule has 2 fully saturated rings. The van der Waals surface area contributed by atoms with E-state index in [1.807, 2.05) is 31.3 Å². The highest BCUT2D eigenvalue weighted by Crippen LogP contribution is 2.28. The van der Waals surface area contributed by atoms with Crippen LogP contribution in [0.25, 0.3) is 11.3 Å². The van der Waals surface area contributed by atoms with Gasteiger partial charge in [-0.1, -0.05) is 30.3 Å². The number of aromatic amines is 1. The van der Waals surface area contributed by atoms with Crippen LogP contribution in [0.5, 0.6) is 0 Å². The van der Waals surface area contributed by atoms with Crippen molar-refractivity contribution in [3.05, 3.63) is 42.4 Å². The van der Waals surface area contributed by atoms with Gasteiger partial charge in [0.05, 0.1) is 17.9 Å². The average molecular weight is 338 g/mol. The van der Waals surface area contributed by atoms with Gasteiger partial charge in [-0.15, -0.1) is 0 Å². The van der Waals surface area contributed by atoms with Gasteiger partial charge in [-0.3, -0.25) is 9.69 Å². The van der Waals surface area contributed by atoms with E-state index in [0.29, 0.717) is 12.0 Å². The summed E-state index contributed by atoms with van der Waals surface area (Å²) in [5.41, 5.74) is 2.22. The molecule has 1 aliphatic carbocycles. The van der Waals surface area contributed by atoms with E-state index in [0.717, 1.165) is 55.9 Å². The van der Waals surface area contributed by atoms with Gasteiger partial charge in [0.1, 0.15) is 5.82 Å². The van der Waals surface area contributed by atoms with E-state index >= 15 is 0 Å². The van der Waals surface area contributed by atoms with Crippen molar-refractivity contribution in [2.75, 3.05) is 13.1 Å². The third-order valence-corrected chi connectivity index (χ3v) is 5.37. The van der Waals surface area contributed by atoms with Gasteiger partial charge in [0, 0.05) is 18.5 Å². The molecule has 2 aromatic rings. The number of aromatic nitrogens is 2. The number of rotatable bonds is 5. The molecule has 0 radical (unpaired) electrons. The van der Waals surface area contributed by atoms with E-state index < -0.39 is 0 Å². The Morgan fingerprint density at radius 1 is 1.28 bits per heavy atom. The standard InChI is InChI=1S/C20H26N4O/c1-14(20(25)22-17-9-10-17)24-11-5-8-16(13-24)19-21-12-18(23-19)15-6-3-2-4-7-15/h2-4,6-7,12,14,16-17H,5,8-11,13H2,1H3,(H,21,23)(H,22,25). The third kappa shape index (κ3) is 3.76. The molecule has 2 heterocycles.